The van der Waals surface area contributed by atoms with Crippen LogP contribution < -0.4 is 19.6 Å². The topological polar surface area (TPSA) is 69.2 Å². The van der Waals surface area contributed by atoms with Crippen LogP contribution in [0.25, 0.3) is 0 Å². The summed E-state index contributed by atoms with van der Waals surface area (Å²) in [6, 6.07) is 17.7. The number of hydrogen-bond donors (Lipinski definition) is 1. The van der Waals surface area contributed by atoms with E-state index < -0.39 is 0 Å². The standard InChI is InChI=1S/C26H26Cl2N2O4/c1-3-13-33-24-12-10-19(15-25(24)32-4-2)26(31)30-29-16-18-9-11-23(22(28)14-18)34-17-20-7-5-6-8-21(20)27/h5-12,14-16H,3-4,13,17H2,1-2H3,(H,30,31)/b29-16+. The lowest BCUT2D eigenvalue weighted by molar-refractivity contribution is 0.0954. The molecule has 6 nitrogen and oxygen atoms in total. The Hall–Kier alpha value is -3.22. The lowest BCUT2D eigenvalue weighted by Gasteiger charge is -2.12. The predicted octanol–water partition coefficient (Wildman–Crippen LogP) is 6.52. The van der Waals surface area contributed by atoms with E-state index in [1.165, 1.54) is 6.21 Å². The van der Waals surface area contributed by atoms with Gasteiger partial charge in [0.05, 0.1) is 24.5 Å². The Kier molecular flexibility index (Phi) is 9.62. The summed E-state index contributed by atoms with van der Waals surface area (Å²) in [5.41, 5.74) is 4.49. The number of hydrogen-bond acceptors (Lipinski definition) is 5. The van der Waals surface area contributed by atoms with E-state index in [1.807, 2.05) is 38.1 Å². The quantitative estimate of drug-likeness (QED) is 0.240. The molecule has 0 aliphatic heterocycles. The molecular weight excluding hydrogens is 475 g/mol. The van der Waals surface area contributed by atoms with Crippen LogP contribution in [0.1, 0.15) is 41.8 Å². The summed E-state index contributed by atoms with van der Waals surface area (Å²) in [6.45, 7) is 5.23. The number of halogens is 2. The second kappa shape index (κ2) is 12.9. The van der Waals surface area contributed by atoms with Crippen molar-refractivity contribution in [3.05, 3.63) is 87.4 Å². The molecule has 0 saturated heterocycles. The number of nitrogens with zero attached hydrogens (tertiary/aromatic N) is 1. The summed E-state index contributed by atoms with van der Waals surface area (Å²) in [5.74, 6) is 1.28. The van der Waals surface area contributed by atoms with Crippen molar-refractivity contribution in [2.75, 3.05) is 13.2 Å². The largest absolute Gasteiger partial charge is 0.490 e. The van der Waals surface area contributed by atoms with Crippen LogP contribution >= 0.6 is 23.2 Å². The second-order valence-corrected chi connectivity index (χ2v) is 8.03. The highest BCUT2D eigenvalue weighted by atomic mass is 35.5. The highest BCUT2D eigenvalue weighted by Gasteiger charge is 2.11. The van der Waals surface area contributed by atoms with Gasteiger partial charge in [-0.2, -0.15) is 5.10 Å². The van der Waals surface area contributed by atoms with Gasteiger partial charge >= 0.3 is 0 Å². The van der Waals surface area contributed by atoms with Crippen molar-refractivity contribution in [3.63, 3.8) is 0 Å². The summed E-state index contributed by atoms with van der Waals surface area (Å²) in [5, 5.41) is 5.08. The van der Waals surface area contributed by atoms with E-state index in [1.54, 1.807) is 36.4 Å². The molecule has 3 aromatic rings. The van der Waals surface area contributed by atoms with E-state index in [0.717, 1.165) is 12.0 Å². The Morgan fingerprint density at radius 2 is 1.71 bits per heavy atom. The Bertz CT molecular complexity index is 1150. The minimum atomic E-state index is -0.370. The summed E-state index contributed by atoms with van der Waals surface area (Å²) in [6.07, 6.45) is 2.38. The number of carbonyl (C=O) groups is 1. The van der Waals surface area contributed by atoms with Gasteiger partial charge in [-0.1, -0.05) is 48.3 Å². The van der Waals surface area contributed by atoms with Crippen LogP contribution in [0.3, 0.4) is 0 Å². The first-order chi connectivity index (χ1) is 16.5. The van der Waals surface area contributed by atoms with Crippen molar-refractivity contribution in [2.24, 2.45) is 5.10 Å². The molecule has 178 valence electrons. The fourth-order valence-electron chi connectivity index (χ4n) is 2.96. The van der Waals surface area contributed by atoms with Gasteiger partial charge in [-0.05, 0) is 61.4 Å². The van der Waals surface area contributed by atoms with E-state index in [2.05, 4.69) is 10.5 Å². The van der Waals surface area contributed by atoms with E-state index in [9.17, 15) is 4.79 Å². The molecule has 0 saturated carbocycles. The number of benzene rings is 3. The molecule has 0 aliphatic carbocycles. The van der Waals surface area contributed by atoms with Crippen LogP contribution in [0.15, 0.2) is 65.8 Å². The van der Waals surface area contributed by atoms with E-state index in [0.29, 0.717) is 58.2 Å². The first kappa shape index (κ1) is 25.4. The van der Waals surface area contributed by atoms with Crippen molar-refractivity contribution in [1.82, 2.24) is 5.43 Å². The van der Waals surface area contributed by atoms with E-state index in [-0.39, 0.29) is 5.91 Å². The molecule has 34 heavy (non-hydrogen) atoms. The Balaban J connectivity index is 1.60. The highest BCUT2D eigenvalue weighted by Crippen LogP contribution is 2.29. The maximum absolute atomic E-state index is 12.5. The molecule has 0 unspecified atom stereocenters. The van der Waals surface area contributed by atoms with Gasteiger partial charge in [0.25, 0.3) is 5.91 Å². The number of rotatable bonds is 11. The van der Waals surface area contributed by atoms with Gasteiger partial charge in [-0.15, -0.1) is 0 Å². The molecule has 0 bridgehead atoms. The average molecular weight is 501 g/mol. The zero-order chi connectivity index (χ0) is 24.3. The van der Waals surface area contributed by atoms with Gasteiger partial charge in [0, 0.05) is 16.1 Å². The van der Waals surface area contributed by atoms with Gasteiger partial charge in [0.1, 0.15) is 12.4 Å². The van der Waals surface area contributed by atoms with Gasteiger partial charge in [0.2, 0.25) is 0 Å². The third-order valence-corrected chi connectivity index (χ3v) is 5.31. The normalized spacial score (nSPS) is 10.8. The molecule has 1 amide bonds. The van der Waals surface area contributed by atoms with Gasteiger partial charge in [-0.25, -0.2) is 5.43 Å². The molecule has 0 radical (unpaired) electrons. The highest BCUT2D eigenvalue weighted by molar-refractivity contribution is 6.32. The van der Waals surface area contributed by atoms with Crippen LogP contribution in [0.5, 0.6) is 17.2 Å². The fourth-order valence-corrected chi connectivity index (χ4v) is 3.40. The van der Waals surface area contributed by atoms with Crippen LogP contribution in [-0.2, 0) is 6.61 Å². The third-order valence-electron chi connectivity index (χ3n) is 4.64. The summed E-state index contributed by atoms with van der Waals surface area (Å²) in [4.78, 5) is 12.5. The first-order valence-electron chi connectivity index (χ1n) is 10.9. The molecule has 8 heteroatoms. The molecule has 3 aromatic carbocycles. The van der Waals surface area contributed by atoms with Crippen molar-refractivity contribution >= 4 is 35.3 Å². The fraction of sp³-hybridized carbons (Fsp3) is 0.231. The Labute approximate surface area is 209 Å². The summed E-state index contributed by atoms with van der Waals surface area (Å²) < 4.78 is 17.0. The molecule has 3 rings (SSSR count). The predicted molar refractivity (Wildman–Crippen MR) is 136 cm³/mol. The summed E-state index contributed by atoms with van der Waals surface area (Å²) in [7, 11) is 0. The summed E-state index contributed by atoms with van der Waals surface area (Å²) >= 11 is 12.5. The van der Waals surface area contributed by atoms with Crippen molar-refractivity contribution < 1.29 is 19.0 Å². The zero-order valence-electron chi connectivity index (χ0n) is 19.0. The zero-order valence-corrected chi connectivity index (χ0v) is 20.5. The molecule has 1 N–H and O–H groups in total. The SMILES string of the molecule is CCCOc1ccc(C(=O)N/N=C/c2ccc(OCc3ccccc3Cl)c(Cl)c2)cc1OCC. The number of carbonyl (C=O) groups excluding carboxylic acids is 1. The number of ether oxygens (including phenoxy) is 3. The lowest BCUT2D eigenvalue weighted by Crippen LogP contribution is -2.17. The van der Waals surface area contributed by atoms with Gasteiger partial charge in [-0.3, -0.25) is 4.79 Å². The van der Waals surface area contributed by atoms with Gasteiger partial charge < -0.3 is 14.2 Å². The van der Waals surface area contributed by atoms with Crippen LogP contribution in [-0.4, -0.2) is 25.3 Å². The third kappa shape index (κ3) is 7.14. The Morgan fingerprint density at radius 3 is 2.44 bits per heavy atom. The second-order valence-electron chi connectivity index (χ2n) is 7.21. The van der Waals surface area contributed by atoms with E-state index >= 15 is 0 Å². The maximum atomic E-state index is 12.5. The maximum Gasteiger partial charge on any atom is 0.271 e. The van der Waals surface area contributed by atoms with Crippen LogP contribution in [0.4, 0.5) is 0 Å². The molecule has 0 spiro atoms. The molecule has 0 atom stereocenters. The molecule has 0 aromatic heterocycles. The minimum Gasteiger partial charge on any atom is -0.490 e. The molecular formula is C26H26Cl2N2O4. The van der Waals surface area contributed by atoms with Crippen molar-refractivity contribution in [2.45, 2.75) is 26.9 Å². The molecule has 0 aliphatic rings. The number of amides is 1. The number of nitrogens with one attached hydrogen (secondary N) is 1. The van der Waals surface area contributed by atoms with Crippen molar-refractivity contribution in [1.29, 1.82) is 0 Å². The smallest absolute Gasteiger partial charge is 0.271 e. The monoisotopic (exact) mass is 500 g/mol. The van der Waals surface area contributed by atoms with E-state index in [4.69, 9.17) is 37.4 Å². The number of hydrazone groups is 1. The van der Waals surface area contributed by atoms with Crippen LogP contribution in [0, 0.1) is 0 Å². The van der Waals surface area contributed by atoms with Crippen molar-refractivity contribution in [3.8, 4) is 17.2 Å². The molecule has 0 fully saturated rings. The van der Waals surface area contributed by atoms with Crippen LogP contribution in [0.2, 0.25) is 10.0 Å². The lowest BCUT2D eigenvalue weighted by atomic mass is 10.2. The molecule has 0 heterocycles. The Morgan fingerprint density at radius 1 is 0.912 bits per heavy atom. The van der Waals surface area contributed by atoms with Gasteiger partial charge in [0.15, 0.2) is 11.5 Å². The average Bonchev–Trinajstić information content (AvgIpc) is 2.83. The first-order valence-corrected chi connectivity index (χ1v) is 11.7. The minimum absolute atomic E-state index is 0.300.